The number of amides is 1. The average Bonchev–Trinajstić information content (AvgIpc) is 2.77. The summed E-state index contributed by atoms with van der Waals surface area (Å²) in [6.07, 6.45) is 3.34. The van der Waals surface area contributed by atoms with E-state index in [4.69, 9.17) is 10.5 Å². The number of carbonyl (C=O) groups excluding carboxylic acids is 1. The smallest absolute Gasteiger partial charge is 0.265 e. The molecule has 1 aromatic heterocycles. The number of carbonyl (C=O) groups is 1. The molecule has 0 radical (unpaired) electrons. The molecule has 3 N–H and O–H groups in total. The summed E-state index contributed by atoms with van der Waals surface area (Å²) in [4.78, 5) is 19.1. The van der Waals surface area contributed by atoms with E-state index in [-0.39, 0.29) is 5.91 Å². The molecule has 0 atom stereocenters. The van der Waals surface area contributed by atoms with E-state index >= 15 is 0 Å². The standard InChI is InChI=1S/C12H18N4O2S/c13-10-9(11(17)14-8-2-1-3-8)19-12(15-10)16-4-6-18-7-5-16/h8H,1-7,13H2,(H,14,17). The van der Waals surface area contributed by atoms with Gasteiger partial charge >= 0.3 is 0 Å². The Hall–Kier alpha value is -1.34. The van der Waals surface area contributed by atoms with Crippen LogP contribution in [0.1, 0.15) is 28.9 Å². The molecule has 0 unspecified atom stereocenters. The van der Waals surface area contributed by atoms with Gasteiger partial charge in [0.25, 0.3) is 5.91 Å². The Balaban J connectivity index is 1.70. The van der Waals surface area contributed by atoms with E-state index in [0.717, 1.165) is 31.1 Å². The van der Waals surface area contributed by atoms with Crippen molar-refractivity contribution in [3.05, 3.63) is 4.88 Å². The summed E-state index contributed by atoms with van der Waals surface area (Å²) in [5, 5.41) is 3.82. The summed E-state index contributed by atoms with van der Waals surface area (Å²) in [5.74, 6) is 0.252. The first-order valence-corrected chi connectivity index (χ1v) is 7.45. The molecular formula is C12H18N4O2S. The van der Waals surface area contributed by atoms with Crippen LogP contribution in [-0.2, 0) is 4.74 Å². The molecule has 19 heavy (non-hydrogen) atoms. The number of nitrogens with zero attached hydrogens (tertiary/aromatic N) is 2. The molecule has 6 nitrogen and oxygen atoms in total. The number of nitrogen functional groups attached to an aromatic ring is 1. The maximum Gasteiger partial charge on any atom is 0.265 e. The predicted molar refractivity (Wildman–Crippen MR) is 74.7 cm³/mol. The maximum atomic E-state index is 12.1. The second-order valence-corrected chi connectivity index (χ2v) is 5.89. The van der Waals surface area contributed by atoms with Gasteiger partial charge in [-0.05, 0) is 19.3 Å². The summed E-state index contributed by atoms with van der Waals surface area (Å²) < 4.78 is 5.31. The molecule has 3 rings (SSSR count). The third-order valence-electron chi connectivity index (χ3n) is 3.57. The lowest BCUT2D eigenvalue weighted by Gasteiger charge is -2.26. The van der Waals surface area contributed by atoms with Crippen molar-refractivity contribution in [1.29, 1.82) is 0 Å². The van der Waals surface area contributed by atoms with Gasteiger partial charge in [-0.3, -0.25) is 4.79 Å². The molecule has 7 heteroatoms. The lowest BCUT2D eigenvalue weighted by molar-refractivity contribution is 0.0922. The molecule has 0 spiro atoms. The van der Waals surface area contributed by atoms with E-state index in [1.54, 1.807) is 0 Å². The van der Waals surface area contributed by atoms with Crippen LogP contribution in [0.5, 0.6) is 0 Å². The first-order chi connectivity index (χ1) is 9.24. The molecule has 1 aromatic rings. The predicted octanol–water partition coefficient (Wildman–Crippen LogP) is 0.844. The molecule has 1 amide bonds. The number of nitrogens with one attached hydrogen (secondary N) is 1. The average molecular weight is 282 g/mol. The van der Waals surface area contributed by atoms with Gasteiger partial charge in [-0.15, -0.1) is 0 Å². The second kappa shape index (κ2) is 5.34. The molecule has 2 fully saturated rings. The van der Waals surface area contributed by atoms with Gasteiger partial charge in [-0.2, -0.15) is 0 Å². The first-order valence-electron chi connectivity index (χ1n) is 6.64. The van der Waals surface area contributed by atoms with Crippen molar-refractivity contribution in [2.24, 2.45) is 0 Å². The van der Waals surface area contributed by atoms with Crippen molar-refractivity contribution in [2.75, 3.05) is 36.9 Å². The zero-order valence-electron chi connectivity index (χ0n) is 10.7. The third-order valence-corrected chi connectivity index (χ3v) is 4.70. The van der Waals surface area contributed by atoms with E-state index in [9.17, 15) is 4.79 Å². The Morgan fingerprint density at radius 2 is 2.16 bits per heavy atom. The van der Waals surface area contributed by atoms with E-state index < -0.39 is 0 Å². The number of ether oxygens (including phenoxy) is 1. The lowest BCUT2D eigenvalue weighted by atomic mass is 9.93. The van der Waals surface area contributed by atoms with Gasteiger partial charge in [0, 0.05) is 19.1 Å². The summed E-state index contributed by atoms with van der Waals surface area (Å²) in [5.41, 5.74) is 5.86. The van der Waals surface area contributed by atoms with Crippen LogP contribution >= 0.6 is 11.3 Å². The summed E-state index contributed by atoms with van der Waals surface area (Å²) in [6.45, 7) is 3.00. The van der Waals surface area contributed by atoms with E-state index in [2.05, 4.69) is 15.2 Å². The number of morpholine rings is 1. The minimum absolute atomic E-state index is 0.0841. The van der Waals surface area contributed by atoms with Gasteiger partial charge in [0.15, 0.2) is 5.13 Å². The Bertz CT molecular complexity index is 466. The lowest BCUT2D eigenvalue weighted by Crippen LogP contribution is -2.39. The Labute approximate surface area is 115 Å². The van der Waals surface area contributed by atoms with Gasteiger partial charge in [-0.25, -0.2) is 4.98 Å². The van der Waals surface area contributed by atoms with Crippen LogP contribution < -0.4 is 16.0 Å². The van der Waals surface area contributed by atoms with Crippen LogP contribution in [0.2, 0.25) is 0 Å². The van der Waals surface area contributed by atoms with Crippen molar-refractivity contribution in [1.82, 2.24) is 10.3 Å². The fourth-order valence-electron chi connectivity index (χ4n) is 2.18. The van der Waals surface area contributed by atoms with Crippen molar-refractivity contribution < 1.29 is 9.53 Å². The second-order valence-electron chi connectivity index (χ2n) is 4.91. The molecule has 0 bridgehead atoms. The quantitative estimate of drug-likeness (QED) is 0.859. The minimum atomic E-state index is -0.0841. The highest BCUT2D eigenvalue weighted by Gasteiger charge is 2.25. The molecule has 1 saturated heterocycles. The highest BCUT2D eigenvalue weighted by Crippen LogP contribution is 2.29. The number of nitrogens with two attached hydrogens (primary N) is 1. The SMILES string of the molecule is Nc1nc(N2CCOCC2)sc1C(=O)NC1CCC1. The van der Waals surface area contributed by atoms with Crippen LogP contribution in [0.15, 0.2) is 0 Å². The van der Waals surface area contributed by atoms with E-state index in [0.29, 0.717) is 30.0 Å². The first kappa shape index (κ1) is 12.7. The van der Waals surface area contributed by atoms with Crippen LogP contribution in [0.25, 0.3) is 0 Å². The number of anilines is 2. The number of hydrogen-bond acceptors (Lipinski definition) is 6. The highest BCUT2D eigenvalue weighted by molar-refractivity contribution is 7.18. The molecule has 0 aromatic carbocycles. The van der Waals surface area contributed by atoms with Crippen LogP contribution in [0.4, 0.5) is 10.9 Å². The topological polar surface area (TPSA) is 80.5 Å². The van der Waals surface area contributed by atoms with Crippen molar-refractivity contribution >= 4 is 28.2 Å². The summed E-state index contributed by atoms with van der Waals surface area (Å²) >= 11 is 1.37. The van der Waals surface area contributed by atoms with Crippen molar-refractivity contribution in [3.8, 4) is 0 Å². The van der Waals surface area contributed by atoms with Crippen LogP contribution in [0.3, 0.4) is 0 Å². The fourth-order valence-corrected chi connectivity index (χ4v) is 3.12. The zero-order valence-corrected chi connectivity index (χ0v) is 11.5. The van der Waals surface area contributed by atoms with Crippen molar-refractivity contribution in [2.45, 2.75) is 25.3 Å². The van der Waals surface area contributed by atoms with Gasteiger partial charge in [-0.1, -0.05) is 11.3 Å². The van der Waals surface area contributed by atoms with Gasteiger partial charge in [0.1, 0.15) is 10.7 Å². The monoisotopic (exact) mass is 282 g/mol. The number of aromatic nitrogens is 1. The molecule has 1 aliphatic heterocycles. The Kier molecular flexibility index (Phi) is 3.56. The fraction of sp³-hybridized carbons (Fsp3) is 0.667. The maximum absolute atomic E-state index is 12.1. The normalized spacial score (nSPS) is 20.1. The third kappa shape index (κ3) is 2.66. The highest BCUT2D eigenvalue weighted by atomic mass is 32.1. The Morgan fingerprint density at radius 3 is 2.79 bits per heavy atom. The number of hydrogen-bond donors (Lipinski definition) is 2. The summed E-state index contributed by atoms with van der Waals surface area (Å²) in [7, 11) is 0. The van der Waals surface area contributed by atoms with E-state index in [1.165, 1.54) is 17.8 Å². The van der Waals surface area contributed by atoms with Crippen molar-refractivity contribution in [3.63, 3.8) is 0 Å². The molecule has 104 valence electrons. The number of thiazole rings is 1. The largest absolute Gasteiger partial charge is 0.382 e. The molecule has 1 aliphatic carbocycles. The molecular weight excluding hydrogens is 264 g/mol. The summed E-state index contributed by atoms with van der Waals surface area (Å²) in [6, 6.07) is 0.320. The minimum Gasteiger partial charge on any atom is -0.382 e. The van der Waals surface area contributed by atoms with Crippen LogP contribution in [-0.4, -0.2) is 43.2 Å². The number of rotatable bonds is 3. The molecule has 2 heterocycles. The molecule has 1 saturated carbocycles. The van der Waals surface area contributed by atoms with Gasteiger partial charge in [0.2, 0.25) is 0 Å². The Morgan fingerprint density at radius 1 is 1.42 bits per heavy atom. The molecule has 2 aliphatic rings. The van der Waals surface area contributed by atoms with E-state index in [1.807, 2.05) is 0 Å². The van der Waals surface area contributed by atoms with Gasteiger partial charge in [0.05, 0.1) is 13.2 Å². The van der Waals surface area contributed by atoms with Gasteiger partial charge < -0.3 is 20.7 Å². The zero-order chi connectivity index (χ0) is 13.2. The van der Waals surface area contributed by atoms with Crippen LogP contribution in [0, 0.1) is 0 Å².